The normalized spacial score (nSPS) is 21.5. The van der Waals surface area contributed by atoms with Gasteiger partial charge in [-0.15, -0.1) is 0 Å². The zero-order chi connectivity index (χ0) is 17.7. The predicted octanol–water partition coefficient (Wildman–Crippen LogP) is 3.89. The molecule has 5 nitrogen and oxygen atoms in total. The van der Waals surface area contributed by atoms with E-state index in [2.05, 4.69) is 0 Å². The molecule has 1 aromatic heterocycles. The second-order valence-electron chi connectivity index (χ2n) is 6.57. The summed E-state index contributed by atoms with van der Waals surface area (Å²) in [5, 5.41) is 0.713. The van der Waals surface area contributed by atoms with Crippen molar-refractivity contribution in [3.63, 3.8) is 0 Å². The predicted molar refractivity (Wildman–Crippen MR) is 94.6 cm³/mol. The number of ketones is 1. The number of carbonyl (C=O) groups is 1. The van der Waals surface area contributed by atoms with E-state index < -0.39 is 5.63 Å². The van der Waals surface area contributed by atoms with Gasteiger partial charge in [-0.3, -0.25) is 4.79 Å². The van der Waals surface area contributed by atoms with Crippen molar-refractivity contribution in [1.29, 1.82) is 0 Å². The summed E-state index contributed by atoms with van der Waals surface area (Å²) in [6.45, 7) is 5.87. The average Bonchev–Trinajstić information content (AvgIpc) is 2.59. The highest BCUT2D eigenvalue weighted by Gasteiger charge is 2.34. The van der Waals surface area contributed by atoms with Crippen LogP contribution in [0, 0.1) is 0 Å². The Bertz CT molecular complexity index is 966. The molecule has 2 atom stereocenters. The largest absolute Gasteiger partial charge is 0.489 e. The summed E-state index contributed by atoms with van der Waals surface area (Å²) in [5.41, 5.74) is 1.77. The van der Waals surface area contributed by atoms with Crippen LogP contribution in [-0.2, 0) is 6.42 Å². The number of ether oxygens (including phenoxy) is 2. The van der Waals surface area contributed by atoms with Crippen molar-refractivity contribution in [3.8, 4) is 11.5 Å². The monoisotopic (exact) mass is 340 g/mol. The number of benzene rings is 1. The van der Waals surface area contributed by atoms with Crippen molar-refractivity contribution < 1.29 is 18.7 Å². The molecular formula is C20H20O5. The fourth-order valence-corrected chi connectivity index (χ4v) is 3.59. The number of hydrogen-bond donors (Lipinski definition) is 0. The SMILES string of the molecule is CCc1cc(=O)oc2c3c(c4c(c12)OC(CC)C=C4)OC(C)CC3=O. The highest BCUT2D eigenvalue weighted by Crippen LogP contribution is 2.47. The van der Waals surface area contributed by atoms with Gasteiger partial charge in [0.25, 0.3) is 0 Å². The molecule has 3 heterocycles. The number of fused-ring (bicyclic) bond motifs is 6. The van der Waals surface area contributed by atoms with E-state index in [1.165, 1.54) is 6.07 Å². The fraction of sp³-hybridized carbons (Fsp3) is 0.400. The molecule has 130 valence electrons. The smallest absolute Gasteiger partial charge is 0.336 e. The molecule has 0 saturated heterocycles. The Morgan fingerprint density at radius 3 is 2.68 bits per heavy atom. The molecule has 2 unspecified atom stereocenters. The van der Waals surface area contributed by atoms with Crippen LogP contribution in [0.15, 0.2) is 21.4 Å². The van der Waals surface area contributed by atoms with Gasteiger partial charge in [0.05, 0.1) is 10.9 Å². The van der Waals surface area contributed by atoms with Crippen molar-refractivity contribution in [1.82, 2.24) is 0 Å². The van der Waals surface area contributed by atoms with E-state index in [4.69, 9.17) is 13.9 Å². The molecule has 1 aromatic carbocycles. The number of aryl methyl sites for hydroxylation is 1. The minimum Gasteiger partial charge on any atom is -0.489 e. The average molecular weight is 340 g/mol. The van der Waals surface area contributed by atoms with Gasteiger partial charge in [0.1, 0.15) is 29.3 Å². The molecule has 0 amide bonds. The summed E-state index contributed by atoms with van der Waals surface area (Å²) in [7, 11) is 0. The van der Waals surface area contributed by atoms with Gasteiger partial charge >= 0.3 is 5.63 Å². The lowest BCUT2D eigenvalue weighted by Gasteiger charge is -2.29. The Morgan fingerprint density at radius 1 is 1.16 bits per heavy atom. The first kappa shape index (κ1) is 15.9. The maximum Gasteiger partial charge on any atom is 0.336 e. The van der Waals surface area contributed by atoms with Gasteiger partial charge in [0.15, 0.2) is 11.4 Å². The maximum absolute atomic E-state index is 12.7. The molecule has 4 rings (SSSR count). The summed E-state index contributed by atoms with van der Waals surface area (Å²) < 4.78 is 17.6. The van der Waals surface area contributed by atoms with E-state index in [9.17, 15) is 9.59 Å². The van der Waals surface area contributed by atoms with Crippen molar-refractivity contribution in [2.75, 3.05) is 0 Å². The van der Waals surface area contributed by atoms with Crippen LogP contribution in [0.4, 0.5) is 0 Å². The Hall–Kier alpha value is -2.56. The van der Waals surface area contributed by atoms with Crippen molar-refractivity contribution in [2.45, 2.75) is 52.2 Å². The number of hydrogen-bond acceptors (Lipinski definition) is 5. The molecule has 5 heteroatoms. The summed E-state index contributed by atoms with van der Waals surface area (Å²) in [6, 6.07) is 1.48. The van der Waals surface area contributed by atoms with Gasteiger partial charge in [-0.2, -0.15) is 0 Å². The van der Waals surface area contributed by atoms with Crippen LogP contribution in [0.5, 0.6) is 11.5 Å². The van der Waals surface area contributed by atoms with Crippen LogP contribution in [0.2, 0.25) is 0 Å². The Balaban J connectivity index is 2.17. The minimum absolute atomic E-state index is 0.0536. The van der Waals surface area contributed by atoms with E-state index in [0.29, 0.717) is 34.5 Å². The quantitative estimate of drug-likeness (QED) is 0.776. The number of carbonyl (C=O) groups excluding carboxylic acids is 1. The number of Topliss-reactive ketones (excluding diaryl/α,β-unsaturated/α-hetero) is 1. The topological polar surface area (TPSA) is 65.7 Å². The minimum atomic E-state index is -0.462. The molecule has 2 aliphatic heterocycles. The van der Waals surface area contributed by atoms with E-state index in [0.717, 1.165) is 17.5 Å². The highest BCUT2D eigenvalue weighted by molar-refractivity contribution is 6.13. The molecule has 0 fully saturated rings. The lowest BCUT2D eigenvalue weighted by Crippen LogP contribution is -2.27. The molecule has 0 radical (unpaired) electrons. The summed E-state index contributed by atoms with van der Waals surface area (Å²) >= 11 is 0. The third-order valence-electron chi connectivity index (χ3n) is 4.81. The lowest BCUT2D eigenvalue weighted by molar-refractivity contribution is 0.0870. The van der Waals surface area contributed by atoms with Gasteiger partial charge in [0, 0.05) is 12.5 Å². The van der Waals surface area contributed by atoms with Crippen LogP contribution in [0.25, 0.3) is 17.0 Å². The third kappa shape index (κ3) is 2.37. The third-order valence-corrected chi connectivity index (χ3v) is 4.81. The van der Waals surface area contributed by atoms with E-state index in [1.807, 2.05) is 32.9 Å². The van der Waals surface area contributed by atoms with Crippen molar-refractivity contribution in [2.24, 2.45) is 0 Å². The van der Waals surface area contributed by atoms with Crippen molar-refractivity contribution >= 4 is 22.8 Å². The zero-order valence-corrected chi connectivity index (χ0v) is 14.5. The van der Waals surface area contributed by atoms with E-state index >= 15 is 0 Å². The Morgan fingerprint density at radius 2 is 1.96 bits per heavy atom. The fourth-order valence-electron chi connectivity index (χ4n) is 3.59. The summed E-state index contributed by atoms with van der Waals surface area (Å²) in [5.74, 6) is 1.04. The lowest BCUT2D eigenvalue weighted by atomic mass is 9.91. The van der Waals surface area contributed by atoms with Crippen LogP contribution in [-0.4, -0.2) is 18.0 Å². The molecule has 25 heavy (non-hydrogen) atoms. The molecule has 2 aromatic rings. The zero-order valence-electron chi connectivity index (χ0n) is 14.5. The molecule has 2 aliphatic rings. The van der Waals surface area contributed by atoms with Gasteiger partial charge in [-0.25, -0.2) is 4.79 Å². The standard InChI is InChI=1S/C20H20O5/c1-4-11-9-15(22)25-20-16(11)18-13(7-6-12(5-2)24-18)19-17(20)14(21)8-10(3)23-19/h6-7,9-10,12H,4-5,8H2,1-3H3. The molecule has 0 N–H and O–H groups in total. The van der Waals surface area contributed by atoms with Gasteiger partial charge in [-0.05, 0) is 37.5 Å². The Labute approximate surface area is 145 Å². The first-order valence-corrected chi connectivity index (χ1v) is 8.74. The highest BCUT2D eigenvalue weighted by atomic mass is 16.5. The molecule has 0 saturated carbocycles. The summed E-state index contributed by atoms with van der Waals surface area (Å²) in [4.78, 5) is 24.8. The van der Waals surface area contributed by atoms with Crippen LogP contribution >= 0.6 is 0 Å². The molecule has 0 spiro atoms. The Kier molecular flexibility index (Phi) is 3.67. The van der Waals surface area contributed by atoms with Crippen LogP contribution in [0.3, 0.4) is 0 Å². The molecular weight excluding hydrogens is 320 g/mol. The molecule has 0 aliphatic carbocycles. The first-order chi connectivity index (χ1) is 12.0. The second kappa shape index (κ2) is 5.76. The van der Waals surface area contributed by atoms with E-state index in [-0.39, 0.29) is 24.4 Å². The van der Waals surface area contributed by atoms with Crippen molar-refractivity contribution in [3.05, 3.63) is 39.3 Å². The van der Waals surface area contributed by atoms with Crippen LogP contribution in [0.1, 0.15) is 55.1 Å². The van der Waals surface area contributed by atoms with Crippen LogP contribution < -0.4 is 15.1 Å². The number of rotatable bonds is 2. The second-order valence-corrected chi connectivity index (χ2v) is 6.57. The molecule has 0 bridgehead atoms. The van der Waals surface area contributed by atoms with Gasteiger partial charge in [0.2, 0.25) is 0 Å². The van der Waals surface area contributed by atoms with Gasteiger partial charge in [-0.1, -0.05) is 13.8 Å². The maximum atomic E-state index is 12.7. The summed E-state index contributed by atoms with van der Waals surface area (Å²) in [6.07, 6.45) is 5.39. The first-order valence-electron chi connectivity index (χ1n) is 8.74. The van der Waals surface area contributed by atoms with E-state index in [1.54, 1.807) is 0 Å². The van der Waals surface area contributed by atoms with Gasteiger partial charge < -0.3 is 13.9 Å².